The lowest BCUT2D eigenvalue weighted by Gasteiger charge is -2.28. The highest BCUT2D eigenvalue weighted by Crippen LogP contribution is 2.29. The molecule has 0 radical (unpaired) electrons. The van der Waals surface area contributed by atoms with Gasteiger partial charge in [0.1, 0.15) is 11.8 Å². The van der Waals surface area contributed by atoms with Crippen LogP contribution in [-0.4, -0.2) is 29.5 Å². The van der Waals surface area contributed by atoms with Gasteiger partial charge in [-0.3, -0.25) is 0 Å². The molecule has 1 fully saturated rings. The van der Waals surface area contributed by atoms with Crippen molar-refractivity contribution < 1.29 is 14.0 Å². The molecule has 1 saturated heterocycles. The molecule has 138 valence electrons. The molecule has 0 aliphatic carbocycles. The van der Waals surface area contributed by atoms with E-state index in [0.29, 0.717) is 29.9 Å². The predicted molar refractivity (Wildman–Crippen MR) is 94.3 cm³/mol. The minimum atomic E-state index is -0.461. The number of benzene rings is 1. The molecule has 0 amide bonds. The van der Waals surface area contributed by atoms with Crippen molar-refractivity contribution in [3.8, 4) is 11.8 Å². The van der Waals surface area contributed by atoms with Crippen molar-refractivity contribution in [3.05, 3.63) is 41.5 Å². The zero-order chi connectivity index (χ0) is 18.4. The number of nitriles is 1. The van der Waals surface area contributed by atoms with Crippen molar-refractivity contribution >= 4 is 0 Å². The van der Waals surface area contributed by atoms with Crippen LogP contribution in [0.5, 0.6) is 5.75 Å². The topological polar surface area (TPSA) is 93.2 Å². The van der Waals surface area contributed by atoms with Crippen molar-refractivity contribution in [3.63, 3.8) is 0 Å². The van der Waals surface area contributed by atoms with Gasteiger partial charge >= 0.3 is 0 Å². The molecule has 0 bridgehead atoms. The van der Waals surface area contributed by atoms with E-state index in [1.807, 2.05) is 31.2 Å². The first-order valence-electron chi connectivity index (χ1n) is 8.92. The standard InChI is InChI=1S/C19H24N4O3/c1-13(11-20)25-17-5-3-15(4-6-17)12-21-18(16-7-9-24-10-8-16)19-22-14(2)23-26-19/h3-6,13,16,18,21H,7-10,12H2,1-2H3/t13-,18+/m1/s1. The maximum absolute atomic E-state index is 8.82. The third kappa shape index (κ3) is 4.81. The van der Waals surface area contributed by atoms with Crippen LogP contribution >= 0.6 is 0 Å². The first-order valence-corrected chi connectivity index (χ1v) is 8.92. The highest BCUT2D eigenvalue weighted by atomic mass is 16.5. The van der Waals surface area contributed by atoms with E-state index in [1.165, 1.54) is 0 Å². The molecule has 26 heavy (non-hydrogen) atoms. The van der Waals surface area contributed by atoms with E-state index in [4.69, 9.17) is 19.3 Å². The first-order chi connectivity index (χ1) is 12.7. The Morgan fingerprint density at radius 3 is 2.65 bits per heavy atom. The Balaban J connectivity index is 1.64. The summed E-state index contributed by atoms with van der Waals surface area (Å²) < 4.78 is 16.4. The lowest BCUT2D eigenvalue weighted by molar-refractivity contribution is 0.0485. The molecule has 1 N–H and O–H groups in total. The summed E-state index contributed by atoms with van der Waals surface area (Å²) in [4.78, 5) is 4.42. The molecule has 2 atom stereocenters. The normalized spacial score (nSPS) is 17.4. The van der Waals surface area contributed by atoms with E-state index >= 15 is 0 Å². The van der Waals surface area contributed by atoms with Crippen LogP contribution in [0.25, 0.3) is 0 Å². The molecule has 1 aliphatic rings. The van der Waals surface area contributed by atoms with E-state index in [0.717, 1.165) is 31.6 Å². The van der Waals surface area contributed by atoms with Gasteiger partial charge in [0.15, 0.2) is 11.9 Å². The number of hydrogen-bond donors (Lipinski definition) is 1. The van der Waals surface area contributed by atoms with Gasteiger partial charge in [0.2, 0.25) is 5.89 Å². The number of aryl methyl sites for hydroxylation is 1. The molecule has 1 aromatic heterocycles. The Morgan fingerprint density at radius 1 is 1.31 bits per heavy atom. The molecular weight excluding hydrogens is 332 g/mol. The van der Waals surface area contributed by atoms with Gasteiger partial charge in [0.25, 0.3) is 0 Å². The second kappa shape index (κ2) is 8.79. The van der Waals surface area contributed by atoms with Crippen LogP contribution in [0.15, 0.2) is 28.8 Å². The Hall–Kier alpha value is -2.43. The number of nitrogens with one attached hydrogen (secondary N) is 1. The van der Waals surface area contributed by atoms with Crippen molar-refractivity contribution in [2.75, 3.05) is 13.2 Å². The minimum absolute atomic E-state index is 0.00892. The fourth-order valence-corrected chi connectivity index (χ4v) is 3.09. The van der Waals surface area contributed by atoms with Crippen LogP contribution in [0.1, 0.15) is 43.1 Å². The lowest BCUT2D eigenvalue weighted by Crippen LogP contribution is -2.32. The molecule has 1 aliphatic heterocycles. The van der Waals surface area contributed by atoms with Crippen molar-refractivity contribution in [2.45, 2.75) is 45.4 Å². The number of nitrogens with zero attached hydrogens (tertiary/aromatic N) is 3. The average Bonchev–Trinajstić information content (AvgIpc) is 3.10. The summed E-state index contributed by atoms with van der Waals surface area (Å²) in [6.07, 6.45) is 1.48. The van der Waals surface area contributed by atoms with Gasteiger partial charge < -0.3 is 19.3 Å². The van der Waals surface area contributed by atoms with Crippen molar-refractivity contribution in [2.24, 2.45) is 5.92 Å². The average molecular weight is 356 g/mol. The van der Waals surface area contributed by atoms with Crippen LogP contribution in [0, 0.1) is 24.2 Å². The summed E-state index contributed by atoms with van der Waals surface area (Å²) in [7, 11) is 0. The molecule has 2 aromatic rings. The smallest absolute Gasteiger partial charge is 0.244 e. The van der Waals surface area contributed by atoms with Crippen LogP contribution < -0.4 is 10.1 Å². The van der Waals surface area contributed by atoms with Crippen molar-refractivity contribution in [1.82, 2.24) is 15.5 Å². The molecule has 7 nitrogen and oxygen atoms in total. The SMILES string of the molecule is Cc1noc([C@@H](NCc2ccc(O[C@H](C)C#N)cc2)C2CCOCC2)n1. The Bertz CT molecular complexity index is 732. The van der Waals surface area contributed by atoms with Crippen LogP contribution in [0.4, 0.5) is 0 Å². The second-order valence-corrected chi connectivity index (χ2v) is 6.52. The Kier molecular flexibility index (Phi) is 6.21. The first kappa shape index (κ1) is 18.4. The largest absolute Gasteiger partial charge is 0.476 e. The summed E-state index contributed by atoms with van der Waals surface area (Å²) in [5, 5.41) is 16.3. The molecule has 0 saturated carbocycles. The fourth-order valence-electron chi connectivity index (χ4n) is 3.09. The second-order valence-electron chi connectivity index (χ2n) is 6.52. The quantitative estimate of drug-likeness (QED) is 0.815. The summed E-state index contributed by atoms with van der Waals surface area (Å²) >= 11 is 0. The summed E-state index contributed by atoms with van der Waals surface area (Å²) in [6.45, 7) is 5.75. The fraction of sp³-hybridized carbons (Fsp3) is 0.526. The maximum atomic E-state index is 8.82. The van der Waals surface area contributed by atoms with Crippen molar-refractivity contribution in [1.29, 1.82) is 5.26 Å². The summed E-state index contributed by atoms with van der Waals surface area (Å²) in [5.41, 5.74) is 1.12. The van der Waals surface area contributed by atoms with Gasteiger partial charge in [0.05, 0.1) is 6.04 Å². The third-order valence-electron chi connectivity index (χ3n) is 4.49. The highest BCUT2D eigenvalue weighted by Gasteiger charge is 2.29. The van der Waals surface area contributed by atoms with E-state index in [9.17, 15) is 0 Å². The van der Waals surface area contributed by atoms with Gasteiger partial charge in [-0.15, -0.1) is 0 Å². The lowest BCUT2D eigenvalue weighted by atomic mass is 9.91. The van der Waals surface area contributed by atoms with E-state index in [1.54, 1.807) is 6.92 Å². The number of hydrogen-bond acceptors (Lipinski definition) is 7. The number of ether oxygens (including phenoxy) is 2. The maximum Gasteiger partial charge on any atom is 0.244 e. The van der Waals surface area contributed by atoms with Gasteiger partial charge in [-0.05, 0) is 50.3 Å². The zero-order valence-electron chi connectivity index (χ0n) is 15.1. The number of aromatic nitrogens is 2. The van der Waals surface area contributed by atoms with E-state index < -0.39 is 6.10 Å². The number of rotatable bonds is 7. The summed E-state index contributed by atoms with van der Waals surface area (Å²) in [6, 6.07) is 9.81. The van der Waals surface area contributed by atoms with Crippen LogP contribution in [0.3, 0.4) is 0 Å². The van der Waals surface area contributed by atoms with Crippen LogP contribution in [0.2, 0.25) is 0 Å². The Labute approximate surface area is 153 Å². The van der Waals surface area contributed by atoms with E-state index in [-0.39, 0.29) is 6.04 Å². The van der Waals surface area contributed by atoms with Gasteiger partial charge in [0, 0.05) is 19.8 Å². The molecule has 0 unspecified atom stereocenters. The van der Waals surface area contributed by atoms with Crippen LogP contribution in [-0.2, 0) is 11.3 Å². The molecule has 0 spiro atoms. The predicted octanol–water partition coefficient (Wildman–Crippen LogP) is 2.93. The molecule has 3 rings (SSSR count). The summed E-state index contributed by atoms with van der Waals surface area (Å²) in [5.74, 6) is 2.38. The molecule has 7 heteroatoms. The van der Waals surface area contributed by atoms with Gasteiger partial charge in [-0.2, -0.15) is 10.2 Å². The highest BCUT2D eigenvalue weighted by molar-refractivity contribution is 5.27. The molecule has 1 aromatic carbocycles. The Morgan fingerprint density at radius 2 is 2.04 bits per heavy atom. The zero-order valence-corrected chi connectivity index (χ0v) is 15.1. The third-order valence-corrected chi connectivity index (χ3v) is 4.49. The molecule has 2 heterocycles. The van der Waals surface area contributed by atoms with Gasteiger partial charge in [-0.25, -0.2) is 0 Å². The minimum Gasteiger partial charge on any atom is -0.476 e. The van der Waals surface area contributed by atoms with Gasteiger partial charge in [-0.1, -0.05) is 17.3 Å². The monoisotopic (exact) mass is 356 g/mol. The molecular formula is C19H24N4O3. The van der Waals surface area contributed by atoms with E-state index in [2.05, 4.69) is 21.5 Å².